The number of rotatable bonds is 1. The van der Waals surface area contributed by atoms with Gasteiger partial charge in [-0.2, -0.15) is 0 Å². The van der Waals surface area contributed by atoms with Gasteiger partial charge in [-0.05, 0) is 13.0 Å². The van der Waals surface area contributed by atoms with Crippen LogP contribution in [0, 0.1) is 0 Å². The van der Waals surface area contributed by atoms with Gasteiger partial charge in [0.25, 0.3) is 5.91 Å². The fraction of sp³-hybridized carbons (Fsp3) is 0.417. The monoisotopic (exact) mass is 249 g/mol. The van der Waals surface area contributed by atoms with Crippen molar-refractivity contribution in [3.05, 3.63) is 34.2 Å². The smallest absolute Gasteiger partial charge is 0.255 e. The van der Waals surface area contributed by atoms with Gasteiger partial charge in [-0.1, -0.05) is 0 Å². The minimum atomic E-state index is -0.243. The summed E-state index contributed by atoms with van der Waals surface area (Å²) in [6.07, 6.45) is 1.70. The lowest BCUT2D eigenvalue weighted by Crippen LogP contribution is -2.39. The number of hydrogen-bond acceptors (Lipinski definition) is 3. The van der Waals surface area contributed by atoms with Gasteiger partial charge in [0.15, 0.2) is 0 Å². The number of nitrogens with zero attached hydrogens (tertiary/aromatic N) is 1. The summed E-state index contributed by atoms with van der Waals surface area (Å²) < 4.78 is 0. The van der Waals surface area contributed by atoms with E-state index >= 15 is 0 Å². The number of aromatic nitrogens is 1. The van der Waals surface area contributed by atoms with Gasteiger partial charge < -0.3 is 15.2 Å². The van der Waals surface area contributed by atoms with Crippen LogP contribution in [0.5, 0.6) is 0 Å². The van der Waals surface area contributed by atoms with Crippen LogP contribution in [0.1, 0.15) is 23.7 Å². The molecule has 1 unspecified atom stereocenters. The molecule has 2 N–H and O–H groups in total. The maximum Gasteiger partial charge on any atom is 0.255 e. The van der Waals surface area contributed by atoms with E-state index in [2.05, 4.69) is 10.3 Å². The van der Waals surface area contributed by atoms with E-state index in [1.165, 1.54) is 18.3 Å². The third-order valence-electron chi connectivity index (χ3n) is 2.98. The number of aromatic amines is 1. The Balaban J connectivity index is 2.19. The van der Waals surface area contributed by atoms with E-state index in [1.807, 2.05) is 6.92 Å². The standard InChI is InChI=1S/C12H15N3O3/c1-8-6-11(17)13-4-5-15(8)12(18)9-2-3-10(16)14-7-9/h2-3,7-8H,4-6H2,1H3,(H,13,17)(H,14,16). The second-order valence-electron chi connectivity index (χ2n) is 4.34. The molecular weight excluding hydrogens is 234 g/mol. The van der Waals surface area contributed by atoms with E-state index < -0.39 is 0 Å². The Morgan fingerprint density at radius 1 is 1.39 bits per heavy atom. The summed E-state index contributed by atoms with van der Waals surface area (Å²) in [5.41, 5.74) is 0.183. The number of amides is 2. The Bertz CT molecular complexity index is 503. The summed E-state index contributed by atoms with van der Waals surface area (Å²) in [6, 6.07) is 2.67. The number of H-pyrrole nitrogens is 1. The fourth-order valence-corrected chi connectivity index (χ4v) is 2.00. The maximum absolute atomic E-state index is 12.2. The van der Waals surface area contributed by atoms with Crippen molar-refractivity contribution in [2.75, 3.05) is 13.1 Å². The van der Waals surface area contributed by atoms with Crippen molar-refractivity contribution < 1.29 is 9.59 Å². The summed E-state index contributed by atoms with van der Waals surface area (Å²) in [7, 11) is 0. The van der Waals surface area contributed by atoms with Crippen LogP contribution in [-0.4, -0.2) is 40.8 Å². The molecule has 1 aromatic heterocycles. The number of carbonyl (C=O) groups excluding carboxylic acids is 2. The van der Waals surface area contributed by atoms with Gasteiger partial charge in [0.2, 0.25) is 11.5 Å². The Morgan fingerprint density at radius 3 is 2.83 bits per heavy atom. The average molecular weight is 249 g/mol. The molecule has 1 saturated heterocycles. The fourth-order valence-electron chi connectivity index (χ4n) is 2.00. The first-order chi connectivity index (χ1) is 8.58. The van der Waals surface area contributed by atoms with E-state index in [4.69, 9.17) is 0 Å². The van der Waals surface area contributed by atoms with Gasteiger partial charge >= 0.3 is 0 Å². The summed E-state index contributed by atoms with van der Waals surface area (Å²) in [5, 5.41) is 2.73. The minimum absolute atomic E-state index is 0.0423. The van der Waals surface area contributed by atoms with Crippen LogP contribution >= 0.6 is 0 Å². The predicted octanol–water partition coefficient (Wildman–Crippen LogP) is -0.275. The van der Waals surface area contributed by atoms with Crippen molar-refractivity contribution in [3.63, 3.8) is 0 Å². The summed E-state index contributed by atoms with van der Waals surface area (Å²) in [6.45, 7) is 2.78. The van der Waals surface area contributed by atoms with Gasteiger partial charge in [-0.15, -0.1) is 0 Å². The van der Waals surface area contributed by atoms with Crippen molar-refractivity contribution in [1.82, 2.24) is 15.2 Å². The second-order valence-corrected chi connectivity index (χ2v) is 4.34. The van der Waals surface area contributed by atoms with E-state index in [0.717, 1.165) is 0 Å². The summed E-state index contributed by atoms with van der Waals surface area (Å²) in [4.78, 5) is 38.7. The van der Waals surface area contributed by atoms with Gasteiger partial charge in [-0.3, -0.25) is 14.4 Å². The lowest BCUT2D eigenvalue weighted by atomic mass is 10.1. The Labute approximate surface area is 104 Å². The zero-order valence-corrected chi connectivity index (χ0v) is 10.1. The molecule has 96 valence electrons. The van der Waals surface area contributed by atoms with Gasteiger partial charge in [0.05, 0.1) is 5.56 Å². The quantitative estimate of drug-likeness (QED) is 0.718. The first-order valence-corrected chi connectivity index (χ1v) is 5.84. The second kappa shape index (κ2) is 5.03. The first-order valence-electron chi connectivity index (χ1n) is 5.84. The SMILES string of the molecule is CC1CC(=O)NCCN1C(=O)c1ccc(=O)[nH]c1. The zero-order valence-electron chi connectivity index (χ0n) is 10.1. The molecule has 1 aromatic rings. The van der Waals surface area contributed by atoms with Crippen LogP contribution in [0.25, 0.3) is 0 Å². The molecule has 1 atom stereocenters. The average Bonchev–Trinajstić information content (AvgIpc) is 2.50. The van der Waals surface area contributed by atoms with E-state index in [9.17, 15) is 14.4 Å². The lowest BCUT2D eigenvalue weighted by molar-refractivity contribution is -0.121. The van der Waals surface area contributed by atoms with Crippen LogP contribution in [0.15, 0.2) is 23.1 Å². The van der Waals surface area contributed by atoms with Crippen molar-refractivity contribution in [2.45, 2.75) is 19.4 Å². The molecule has 0 bridgehead atoms. The highest BCUT2D eigenvalue weighted by molar-refractivity contribution is 5.94. The molecule has 1 fully saturated rings. The molecule has 2 heterocycles. The first kappa shape index (κ1) is 12.3. The van der Waals surface area contributed by atoms with Crippen LogP contribution in [0.4, 0.5) is 0 Å². The minimum Gasteiger partial charge on any atom is -0.354 e. The highest BCUT2D eigenvalue weighted by atomic mass is 16.2. The van der Waals surface area contributed by atoms with Gasteiger partial charge in [0.1, 0.15) is 0 Å². The highest BCUT2D eigenvalue weighted by Crippen LogP contribution is 2.11. The van der Waals surface area contributed by atoms with Crippen molar-refractivity contribution >= 4 is 11.8 Å². The normalized spacial score (nSPS) is 20.2. The van der Waals surface area contributed by atoms with E-state index in [-0.39, 0.29) is 23.4 Å². The van der Waals surface area contributed by atoms with Gasteiger partial charge in [-0.25, -0.2) is 0 Å². The molecule has 2 rings (SSSR count). The molecule has 18 heavy (non-hydrogen) atoms. The van der Waals surface area contributed by atoms with Crippen LogP contribution in [-0.2, 0) is 4.79 Å². The number of carbonyl (C=O) groups is 2. The summed E-state index contributed by atoms with van der Waals surface area (Å²) in [5.74, 6) is -0.213. The topological polar surface area (TPSA) is 82.3 Å². The molecule has 0 saturated carbocycles. The van der Waals surface area contributed by atoms with Crippen molar-refractivity contribution in [1.29, 1.82) is 0 Å². The summed E-state index contributed by atoms with van der Waals surface area (Å²) >= 11 is 0. The molecule has 0 aromatic carbocycles. The Kier molecular flexibility index (Phi) is 3.45. The van der Waals surface area contributed by atoms with E-state index in [0.29, 0.717) is 25.1 Å². The molecule has 2 amide bonds. The molecule has 1 aliphatic rings. The number of nitrogens with one attached hydrogen (secondary N) is 2. The number of pyridine rings is 1. The Morgan fingerprint density at radius 2 is 2.17 bits per heavy atom. The molecule has 0 aliphatic carbocycles. The molecule has 0 spiro atoms. The lowest BCUT2D eigenvalue weighted by Gasteiger charge is -2.26. The predicted molar refractivity (Wildman–Crippen MR) is 65.2 cm³/mol. The van der Waals surface area contributed by atoms with Crippen LogP contribution in [0.2, 0.25) is 0 Å². The van der Waals surface area contributed by atoms with Crippen molar-refractivity contribution in [2.24, 2.45) is 0 Å². The van der Waals surface area contributed by atoms with Crippen LogP contribution < -0.4 is 10.9 Å². The molecule has 1 aliphatic heterocycles. The largest absolute Gasteiger partial charge is 0.354 e. The molecule has 6 nitrogen and oxygen atoms in total. The Hall–Kier alpha value is -2.11. The van der Waals surface area contributed by atoms with Gasteiger partial charge in [0, 0.05) is 37.8 Å². The zero-order chi connectivity index (χ0) is 13.1. The maximum atomic E-state index is 12.2. The van der Waals surface area contributed by atoms with Crippen molar-refractivity contribution in [3.8, 4) is 0 Å². The van der Waals surface area contributed by atoms with Crippen LogP contribution in [0.3, 0.4) is 0 Å². The van der Waals surface area contributed by atoms with E-state index in [1.54, 1.807) is 4.90 Å². The molecule has 6 heteroatoms. The highest BCUT2D eigenvalue weighted by Gasteiger charge is 2.25. The third-order valence-corrected chi connectivity index (χ3v) is 2.98. The third kappa shape index (κ3) is 2.58. The number of hydrogen-bond donors (Lipinski definition) is 2. The molecular formula is C12H15N3O3. The molecule has 0 radical (unpaired) electrons.